The lowest BCUT2D eigenvalue weighted by Gasteiger charge is -2.21. The third kappa shape index (κ3) is 3.93. The molecule has 0 unspecified atom stereocenters. The van der Waals surface area contributed by atoms with Crippen molar-refractivity contribution in [2.75, 3.05) is 0 Å². The van der Waals surface area contributed by atoms with E-state index in [-0.39, 0.29) is 16.4 Å². The third-order valence-electron chi connectivity index (χ3n) is 3.76. The first kappa shape index (κ1) is 19.2. The molecule has 27 heavy (non-hydrogen) atoms. The number of aromatic nitrogens is 2. The lowest BCUT2D eigenvalue weighted by molar-refractivity contribution is 0.0547. The van der Waals surface area contributed by atoms with E-state index in [0.29, 0.717) is 10.9 Å². The van der Waals surface area contributed by atoms with Crippen molar-refractivity contribution in [2.45, 2.75) is 32.8 Å². The molecule has 0 saturated carbocycles. The average molecular weight is 397 g/mol. The molecule has 0 spiro atoms. The molecule has 0 fully saturated rings. The lowest BCUT2D eigenvalue weighted by Crippen LogP contribution is -2.27. The van der Waals surface area contributed by atoms with E-state index in [2.05, 4.69) is 4.98 Å². The molecule has 0 aliphatic carbocycles. The summed E-state index contributed by atoms with van der Waals surface area (Å²) in [6, 6.07) is 5.81. The highest BCUT2D eigenvalue weighted by Gasteiger charge is 2.26. The van der Waals surface area contributed by atoms with Gasteiger partial charge in [-0.15, -0.1) is 0 Å². The molecule has 0 bridgehead atoms. The highest BCUT2D eigenvalue weighted by Crippen LogP contribution is 2.36. The summed E-state index contributed by atoms with van der Waals surface area (Å²) in [5.41, 5.74) is -0.942. The first-order chi connectivity index (χ1) is 12.6. The van der Waals surface area contributed by atoms with Crippen molar-refractivity contribution in [3.8, 4) is 11.3 Å². The Morgan fingerprint density at radius 1 is 1.22 bits per heavy atom. The standard InChI is InChI=1S/C19H16ClF3N2O2/c1-19(2,3)27-18(26)25-14-8-16(20)24-9-10(14)6-15(25)13-7-11(21)4-5-12(13)17(22)23/h4-9,17H,1-3H3. The average Bonchev–Trinajstić information content (AvgIpc) is 2.91. The highest BCUT2D eigenvalue weighted by atomic mass is 35.5. The van der Waals surface area contributed by atoms with Gasteiger partial charge in [0.15, 0.2) is 0 Å². The number of ether oxygens (including phenoxy) is 1. The molecule has 8 heteroatoms. The van der Waals surface area contributed by atoms with Gasteiger partial charge in [0.1, 0.15) is 16.6 Å². The number of fused-ring (bicyclic) bond motifs is 1. The Morgan fingerprint density at radius 2 is 1.93 bits per heavy atom. The Balaban J connectivity index is 2.32. The number of rotatable bonds is 2. The number of pyridine rings is 1. The Bertz CT molecular complexity index is 1030. The normalized spacial score (nSPS) is 12.0. The van der Waals surface area contributed by atoms with Crippen LogP contribution in [0.3, 0.4) is 0 Å². The summed E-state index contributed by atoms with van der Waals surface area (Å²) in [5.74, 6) is -0.702. The zero-order chi connectivity index (χ0) is 19.9. The quantitative estimate of drug-likeness (QED) is 0.483. The minimum absolute atomic E-state index is 0.0677. The van der Waals surface area contributed by atoms with Crippen LogP contribution in [0.4, 0.5) is 18.0 Å². The Morgan fingerprint density at radius 3 is 2.56 bits per heavy atom. The summed E-state index contributed by atoms with van der Waals surface area (Å²) in [6.07, 6.45) is -2.24. The number of halogens is 4. The van der Waals surface area contributed by atoms with Gasteiger partial charge >= 0.3 is 6.09 Å². The highest BCUT2D eigenvalue weighted by molar-refractivity contribution is 6.30. The van der Waals surface area contributed by atoms with E-state index in [1.165, 1.54) is 18.3 Å². The van der Waals surface area contributed by atoms with Crippen molar-refractivity contribution >= 4 is 28.6 Å². The second-order valence-corrected chi connectivity index (χ2v) is 7.33. The van der Waals surface area contributed by atoms with Crippen molar-refractivity contribution in [2.24, 2.45) is 0 Å². The van der Waals surface area contributed by atoms with Gasteiger partial charge in [-0.05, 0) is 45.0 Å². The molecule has 2 heterocycles. The van der Waals surface area contributed by atoms with Crippen LogP contribution < -0.4 is 0 Å². The van der Waals surface area contributed by atoms with Gasteiger partial charge < -0.3 is 4.74 Å². The molecule has 0 amide bonds. The first-order valence-electron chi connectivity index (χ1n) is 8.05. The number of carbonyl (C=O) groups is 1. The molecule has 0 aliphatic heterocycles. The minimum Gasteiger partial charge on any atom is -0.443 e. The number of nitrogens with zero attached hydrogens (tertiary/aromatic N) is 2. The van der Waals surface area contributed by atoms with Gasteiger partial charge in [-0.1, -0.05) is 11.6 Å². The maximum atomic E-state index is 13.8. The second-order valence-electron chi connectivity index (χ2n) is 6.94. The fraction of sp³-hybridized carbons (Fsp3) is 0.263. The molecule has 0 atom stereocenters. The van der Waals surface area contributed by atoms with Gasteiger partial charge in [-0.25, -0.2) is 27.5 Å². The van der Waals surface area contributed by atoms with E-state index >= 15 is 0 Å². The van der Waals surface area contributed by atoms with Crippen molar-refractivity contribution in [1.29, 1.82) is 0 Å². The summed E-state index contributed by atoms with van der Waals surface area (Å²) < 4.78 is 47.3. The van der Waals surface area contributed by atoms with Crippen LogP contribution in [0.25, 0.3) is 22.2 Å². The van der Waals surface area contributed by atoms with Gasteiger partial charge in [0.2, 0.25) is 0 Å². The number of hydrogen-bond donors (Lipinski definition) is 0. The summed E-state index contributed by atoms with van der Waals surface area (Å²) in [6.45, 7) is 5.03. The number of hydrogen-bond acceptors (Lipinski definition) is 3. The Hall–Kier alpha value is -2.54. The largest absolute Gasteiger partial charge is 0.443 e. The van der Waals surface area contributed by atoms with E-state index < -0.39 is 29.5 Å². The summed E-state index contributed by atoms with van der Waals surface area (Å²) in [5, 5.41) is 0.593. The Labute approximate surface area is 158 Å². The van der Waals surface area contributed by atoms with Crippen molar-refractivity contribution in [1.82, 2.24) is 9.55 Å². The molecule has 1 aromatic carbocycles. The van der Waals surface area contributed by atoms with Gasteiger partial charge in [-0.3, -0.25) is 0 Å². The molecule has 4 nitrogen and oxygen atoms in total. The lowest BCUT2D eigenvalue weighted by atomic mass is 10.0. The molecule has 0 N–H and O–H groups in total. The predicted octanol–water partition coefficient (Wildman–Crippen LogP) is 6.22. The van der Waals surface area contributed by atoms with Crippen molar-refractivity contribution in [3.05, 3.63) is 53.1 Å². The molecular formula is C19H16ClF3N2O2. The van der Waals surface area contributed by atoms with Crippen LogP contribution in [-0.2, 0) is 4.74 Å². The monoisotopic (exact) mass is 396 g/mol. The van der Waals surface area contributed by atoms with Gasteiger partial charge in [0, 0.05) is 28.8 Å². The third-order valence-corrected chi connectivity index (χ3v) is 3.96. The maximum absolute atomic E-state index is 13.8. The molecule has 0 radical (unpaired) electrons. The first-order valence-corrected chi connectivity index (χ1v) is 8.43. The second kappa shape index (κ2) is 6.88. The molecule has 2 aromatic heterocycles. The summed E-state index contributed by atoms with van der Waals surface area (Å²) >= 11 is 5.93. The molecular weight excluding hydrogens is 381 g/mol. The van der Waals surface area contributed by atoms with Crippen LogP contribution in [0.2, 0.25) is 5.15 Å². The van der Waals surface area contributed by atoms with Crippen LogP contribution in [0.5, 0.6) is 0 Å². The van der Waals surface area contributed by atoms with Crippen LogP contribution >= 0.6 is 11.6 Å². The maximum Gasteiger partial charge on any atom is 0.419 e. The van der Waals surface area contributed by atoms with Crippen LogP contribution in [0, 0.1) is 5.82 Å². The van der Waals surface area contributed by atoms with E-state index in [4.69, 9.17) is 16.3 Å². The molecule has 0 aliphatic rings. The van der Waals surface area contributed by atoms with Crippen LogP contribution in [-0.4, -0.2) is 21.2 Å². The fourth-order valence-electron chi connectivity index (χ4n) is 2.72. The number of benzene rings is 1. The van der Waals surface area contributed by atoms with Gasteiger partial charge in [0.05, 0.1) is 11.2 Å². The van der Waals surface area contributed by atoms with E-state index in [1.54, 1.807) is 20.8 Å². The van der Waals surface area contributed by atoms with E-state index in [0.717, 1.165) is 22.8 Å². The molecule has 0 saturated heterocycles. The smallest absolute Gasteiger partial charge is 0.419 e. The summed E-state index contributed by atoms with van der Waals surface area (Å²) in [7, 11) is 0. The predicted molar refractivity (Wildman–Crippen MR) is 96.7 cm³/mol. The SMILES string of the molecule is CC(C)(C)OC(=O)n1c(-c2cc(F)ccc2C(F)F)cc2cnc(Cl)cc21. The van der Waals surface area contributed by atoms with E-state index in [9.17, 15) is 18.0 Å². The van der Waals surface area contributed by atoms with Crippen LogP contribution in [0.1, 0.15) is 32.8 Å². The topological polar surface area (TPSA) is 44.1 Å². The molecule has 3 aromatic rings. The van der Waals surface area contributed by atoms with Gasteiger partial charge in [0.25, 0.3) is 6.43 Å². The van der Waals surface area contributed by atoms with Crippen LogP contribution in [0.15, 0.2) is 36.5 Å². The van der Waals surface area contributed by atoms with E-state index in [1.807, 2.05) is 0 Å². The van der Waals surface area contributed by atoms with Gasteiger partial charge in [-0.2, -0.15) is 0 Å². The van der Waals surface area contributed by atoms with Crippen molar-refractivity contribution < 1.29 is 22.7 Å². The number of alkyl halides is 2. The Kier molecular flexibility index (Phi) is 4.90. The van der Waals surface area contributed by atoms with Crippen molar-refractivity contribution in [3.63, 3.8) is 0 Å². The molecule has 142 valence electrons. The minimum atomic E-state index is -2.85. The fourth-order valence-corrected chi connectivity index (χ4v) is 2.87. The zero-order valence-corrected chi connectivity index (χ0v) is 15.5. The summed E-state index contributed by atoms with van der Waals surface area (Å²) in [4.78, 5) is 16.7. The number of carbonyl (C=O) groups excluding carboxylic acids is 1. The molecule has 3 rings (SSSR count). The zero-order valence-electron chi connectivity index (χ0n) is 14.8.